The number of aromatic nitrogens is 3. The minimum atomic E-state index is -4.64. The van der Waals surface area contributed by atoms with E-state index in [4.69, 9.17) is 11.6 Å². The van der Waals surface area contributed by atoms with Gasteiger partial charge in [0.2, 0.25) is 5.91 Å². The number of carbonyl (C=O) groups excluding carboxylic acids is 2. The Balaban J connectivity index is 1.62. The van der Waals surface area contributed by atoms with Crippen molar-refractivity contribution in [1.29, 1.82) is 0 Å². The van der Waals surface area contributed by atoms with E-state index in [1.807, 2.05) is 0 Å². The van der Waals surface area contributed by atoms with Crippen molar-refractivity contribution >= 4 is 40.0 Å². The molecule has 0 saturated carbocycles. The highest BCUT2D eigenvalue weighted by atomic mass is 35.5. The Kier molecular flexibility index (Phi) is 6.39. The van der Waals surface area contributed by atoms with Crippen LogP contribution in [0.5, 0.6) is 0 Å². The zero-order chi connectivity index (χ0) is 24.6. The third-order valence-electron chi connectivity index (χ3n) is 5.62. The first-order chi connectivity index (χ1) is 16.0. The number of piperidine rings is 1. The number of benzene rings is 1. The predicted octanol–water partition coefficient (Wildman–Crippen LogP) is 3.47. The number of anilines is 1. The second-order valence-corrected chi connectivity index (χ2v) is 8.72. The molecule has 1 aliphatic heterocycles. The Morgan fingerprint density at radius 1 is 1.18 bits per heavy atom. The number of pyridine rings is 1. The molecule has 1 aromatic carbocycles. The molecule has 12 heteroatoms. The second kappa shape index (κ2) is 9.13. The Morgan fingerprint density at radius 2 is 1.91 bits per heavy atom. The summed E-state index contributed by atoms with van der Waals surface area (Å²) in [4.78, 5) is 30.0. The molecular formula is C22H22ClF3N6O2. The summed E-state index contributed by atoms with van der Waals surface area (Å²) in [6.07, 6.45) is -1.24. The van der Waals surface area contributed by atoms with Crippen molar-refractivity contribution in [3.63, 3.8) is 0 Å². The molecule has 34 heavy (non-hydrogen) atoms. The molecule has 1 aliphatic rings. The number of halogens is 4. The normalized spacial score (nSPS) is 18.7. The zero-order valence-corrected chi connectivity index (χ0v) is 19.1. The molecule has 0 spiro atoms. The summed E-state index contributed by atoms with van der Waals surface area (Å²) in [6.45, 7) is 1.96. The highest BCUT2D eigenvalue weighted by Gasteiger charge is 2.35. The first kappa shape index (κ1) is 23.8. The zero-order valence-electron chi connectivity index (χ0n) is 18.4. The maximum atomic E-state index is 13.5. The summed E-state index contributed by atoms with van der Waals surface area (Å²) in [7, 11) is 1.69. The number of alkyl halides is 3. The Hall–Kier alpha value is -3.34. The van der Waals surface area contributed by atoms with Crippen LogP contribution >= 0.6 is 11.6 Å². The second-order valence-electron chi connectivity index (χ2n) is 8.29. The van der Waals surface area contributed by atoms with Gasteiger partial charge in [0.1, 0.15) is 5.69 Å². The lowest BCUT2D eigenvalue weighted by Gasteiger charge is -2.38. The van der Waals surface area contributed by atoms with Gasteiger partial charge in [-0.15, -0.1) is 0 Å². The molecule has 2 aromatic heterocycles. The standard InChI is InChI=1S/C22H22ClF3N6O2/c1-12(33)32-10-15(6-16(11-32)29-21(34)13-8-27-31(2)9-13)28-19-7-20(22(24,25)26)30-18-4-3-14(23)5-17(18)19/h3-5,7-9,15-16H,6,10-11H2,1-2H3,(H,28,30)(H,29,34)/t15-,16+/m1/s1. The molecule has 1 saturated heterocycles. The number of hydrogen-bond donors (Lipinski definition) is 2. The number of fused-ring (bicyclic) bond motifs is 1. The minimum absolute atomic E-state index is 0.141. The lowest BCUT2D eigenvalue weighted by Crippen LogP contribution is -2.55. The van der Waals surface area contributed by atoms with Gasteiger partial charge >= 0.3 is 6.18 Å². The molecule has 3 aromatic rings. The van der Waals surface area contributed by atoms with Crippen molar-refractivity contribution in [2.75, 3.05) is 18.4 Å². The number of carbonyl (C=O) groups is 2. The number of rotatable bonds is 4. The first-order valence-corrected chi connectivity index (χ1v) is 10.9. The first-order valence-electron chi connectivity index (χ1n) is 10.5. The van der Waals surface area contributed by atoms with Crippen LogP contribution in [-0.2, 0) is 18.0 Å². The van der Waals surface area contributed by atoms with Gasteiger partial charge in [0.25, 0.3) is 5.91 Å². The molecular weight excluding hydrogens is 473 g/mol. The summed E-state index contributed by atoms with van der Waals surface area (Å²) in [5.41, 5.74) is -0.322. The molecule has 3 heterocycles. The van der Waals surface area contributed by atoms with Crippen LogP contribution < -0.4 is 10.6 Å². The van der Waals surface area contributed by atoms with Crippen molar-refractivity contribution < 1.29 is 22.8 Å². The fourth-order valence-electron chi connectivity index (χ4n) is 4.06. The van der Waals surface area contributed by atoms with Gasteiger partial charge in [0, 0.05) is 61.4 Å². The van der Waals surface area contributed by atoms with Crippen LogP contribution in [-0.4, -0.2) is 56.7 Å². The number of amides is 2. The number of aryl methyl sites for hydroxylation is 1. The van der Waals surface area contributed by atoms with Crippen molar-refractivity contribution in [3.8, 4) is 0 Å². The monoisotopic (exact) mass is 494 g/mol. The van der Waals surface area contributed by atoms with E-state index in [9.17, 15) is 22.8 Å². The average molecular weight is 495 g/mol. The van der Waals surface area contributed by atoms with Crippen LogP contribution in [0, 0.1) is 0 Å². The summed E-state index contributed by atoms with van der Waals surface area (Å²) in [5, 5.41) is 10.8. The van der Waals surface area contributed by atoms with E-state index in [1.54, 1.807) is 24.2 Å². The summed E-state index contributed by atoms with van der Waals surface area (Å²) < 4.78 is 41.9. The van der Waals surface area contributed by atoms with Gasteiger partial charge in [-0.1, -0.05) is 11.6 Å². The van der Waals surface area contributed by atoms with Crippen LogP contribution in [0.15, 0.2) is 36.7 Å². The van der Waals surface area contributed by atoms with Crippen LogP contribution in [0.4, 0.5) is 18.9 Å². The molecule has 2 atom stereocenters. The van der Waals surface area contributed by atoms with E-state index < -0.39 is 24.0 Å². The highest BCUT2D eigenvalue weighted by Crippen LogP contribution is 2.34. The molecule has 2 amide bonds. The number of hydrogen-bond acceptors (Lipinski definition) is 5. The maximum Gasteiger partial charge on any atom is 0.433 e. The van der Waals surface area contributed by atoms with E-state index in [1.165, 1.54) is 29.9 Å². The SMILES string of the molecule is CC(=O)N1C[C@@H](NC(=O)c2cnn(C)c2)C[C@@H](Nc2cc(C(F)(F)F)nc3ccc(Cl)cc23)C1. The summed E-state index contributed by atoms with van der Waals surface area (Å²) >= 11 is 6.08. The Bertz CT molecular complexity index is 1250. The quantitative estimate of drug-likeness (QED) is 0.579. The van der Waals surface area contributed by atoms with Crippen LogP contribution in [0.2, 0.25) is 5.02 Å². The maximum absolute atomic E-state index is 13.5. The number of likely N-dealkylation sites (tertiary alicyclic amines) is 1. The van der Waals surface area contributed by atoms with Crippen molar-refractivity contribution in [1.82, 2.24) is 25.0 Å². The van der Waals surface area contributed by atoms with Gasteiger partial charge in [-0.3, -0.25) is 14.3 Å². The van der Waals surface area contributed by atoms with Gasteiger partial charge in [-0.05, 0) is 30.7 Å². The van der Waals surface area contributed by atoms with Gasteiger partial charge in [0.05, 0.1) is 17.3 Å². The molecule has 0 bridgehead atoms. The third kappa shape index (κ3) is 5.24. The van der Waals surface area contributed by atoms with E-state index in [-0.39, 0.29) is 36.1 Å². The van der Waals surface area contributed by atoms with Gasteiger partial charge in [0.15, 0.2) is 0 Å². The molecule has 2 N–H and O–H groups in total. The van der Waals surface area contributed by atoms with E-state index >= 15 is 0 Å². The van der Waals surface area contributed by atoms with Crippen LogP contribution in [0.3, 0.4) is 0 Å². The lowest BCUT2D eigenvalue weighted by atomic mass is 9.99. The molecule has 0 radical (unpaired) electrons. The average Bonchev–Trinajstić information content (AvgIpc) is 3.19. The van der Waals surface area contributed by atoms with Crippen LogP contribution in [0.25, 0.3) is 10.9 Å². The fourth-order valence-corrected chi connectivity index (χ4v) is 4.23. The van der Waals surface area contributed by atoms with Gasteiger partial charge < -0.3 is 15.5 Å². The van der Waals surface area contributed by atoms with Gasteiger partial charge in [-0.2, -0.15) is 18.3 Å². The van der Waals surface area contributed by atoms with E-state index in [0.29, 0.717) is 22.4 Å². The highest BCUT2D eigenvalue weighted by molar-refractivity contribution is 6.31. The topological polar surface area (TPSA) is 92.2 Å². The fraction of sp³-hybridized carbons (Fsp3) is 0.364. The predicted molar refractivity (Wildman–Crippen MR) is 120 cm³/mol. The van der Waals surface area contributed by atoms with E-state index in [0.717, 1.165) is 6.07 Å². The van der Waals surface area contributed by atoms with E-state index in [2.05, 4.69) is 20.7 Å². The molecule has 4 rings (SSSR count). The Labute approximate surface area is 198 Å². The van der Waals surface area contributed by atoms with Crippen molar-refractivity contribution in [2.45, 2.75) is 31.6 Å². The summed E-state index contributed by atoms with van der Waals surface area (Å²) in [5.74, 6) is -0.548. The molecule has 0 unspecified atom stereocenters. The van der Waals surface area contributed by atoms with Gasteiger partial charge in [-0.25, -0.2) is 4.98 Å². The Morgan fingerprint density at radius 3 is 2.56 bits per heavy atom. The minimum Gasteiger partial charge on any atom is -0.380 e. The molecule has 180 valence electrons. The number of nitrogens with zero attached hydrogens (tertiary/aromatic N) is 4. The van der Waals surface area contributed by atoms with Crippen LogP contribution in [0.1, 0.15) is 29.4 Å². The third-order valence-corrected chi connectivity index (χ3v) is 5.85. The molecule has 8 nitrogen and oxygen atoms in total. The smallest absolute Gasteiger partial charge is 0.380 e. The molecule has 0 aliphatic carbocycles. The van der Waals surface area contributed by atoms with Crippen molar-refractivity contribution in [3.05, 3.63) is 52.9 Å². The molecule has 1 fully saturated rings. The van der Waals surface area contributed by atoms with Crippen molar-refractivity contribution in [2.24, 2.45) is 7.05 Å². The summed E-state index contributed by atoms with van der Waals surface area (Å²) in [6, 6.07) is 4.54. The lowest BCUT2D eigenvalue weighted by molar-refractivity contribution is -0.140. The number of nitrogens with one attached hydrogen (secondary N) is 2. The largest absolute Gasteiger partial charge is 0.433 e.